The lowest BCUT2D eigenvalue weighted by Crippen LogP contribution is -2.17. The molecule has 0 aromatic heterocycles. The lowest BCUT2D eigenvalue weighted by atomic mass is 10.1. The van der Waals surface area contributed by atoms with Crippen LogP contribution in [-0.2, 0) is 29.6 Å². The third kappa shape index (κ3) is 6.72. The normalized spacial score (nSPS) is 11.4. The van der Waals surface area contributed by atoms with E-state index in [1.807, 2.05) is 30.3 Å². The summed E-state index contributed by atoms with van der Waals surface area (Å²) in [4.78, 5) is 0.125. The van der Waals surface area contributed by atoms with Gasteiger partial charge >= 0.3 is 0 Å². The predicted molar refractivity (Wildman–Crippen MR) is 120 cm³/mol. The Morgan fingerprint density at radius 3 is 2.20 bits per heavy atom. The van der Waals surface area contributed by atoms with Crippen LogP contribution in [0.15, 0.2) is 71.6 Å². The van der Waals surface area contributed by atoms with Gasteiger partial charge in [-0.05, 0) is 60.5 Å². The van der Waals surface area contributed by atoms with Crippen molar-refractivity contribution in [2.45, 2.75) is 24.5 Å². The second-order valence-corrected chi connectivity index (χ2v) is 9.19. The Morgan fingerprint density at radius 1 is 0.900 bits per heavy atom. The molecule has 0 fully saturated rings. The van der Waals surface area contributed by atoms with Crippen LogP contribution in [0.5, 0.6) is 5.75 Å². The summed E-state index contributed by atoms with van der Waals surface area (Å²) in [5.41, 5.74) is 3.06. The fourth-order valence-electron chi connectivity index (χ4n) is 2.81. The fraction of sp³-hybridized carbons (Fsp3) is 0.182. The van der Waals surface area contributed by atoms with Crippen LogP contribution in [0, 0.1) is 0 Å². The predicted octanol–water partition coefficient (Wildman–Crippen LogP) is 4.55. The first-order valence-electron chi connectivity index (χ1n) is 9.29. The highest BCUT2D eigenvalue weighted by Crippen LogP contribution is 2.23. The van der Waals surface area contributed by atoms with Crippen molar-refractivity contribution < 1.29 is 13.2 Å². The summed E-state index contributed by atoms with van der Waals surface area (Å²) >= 11 is 12.1. The second-order valence-electron chi connectivity index (χ2n) is 6.78. The largest absolute Gasteiger partial charge is 0.489 e. The third-order valence-corrected chi connectivity index (χ3v) is 6.02. The number of ether oxygens (including phenoxy) is 1. The summed E-state index contributed by atoms with van der Waals surface area (Å²) in [7, 11) is -3.65. The molecule has 0 atom stereocenters. The third-order valence-electron chi connectivity index (χ3n) is 4.50. The van der Waals surface area contributed by atoms with Crippen molar-refractivity contribution in [3.05, 3.63) is 93.5 Å². The minimum absolute atomic E-state index is 0.125. The second kappa shape index (κ2) is 10.3. The van der Waals surface area contributed by atoms with Gasteiger partial charge in [-0.1, -0.05) is 53.5 Å². The zero-order valence-electron chi connectivity index (χ0n) is 16.1. The fourth-order valence-corrected chi connectivity index (χ4v) is 3.79. The summed E-state index contributed by atoms with van der Waals surface area (Å²) < 4.78 is 28.3. The van der Waals surface area contributed by atoms with E-state index in [4.69, 9.17) is 33.1 Å². The molecule has 0 spiro atoms. The average Bonchev–Trinajstić information content (AvgIpc) is 2.71. The molecule has 0 saturated heterocycles. The van der Waals surface area contributed by atoms with Crippen molar-refractivity contribution in [2.75, 3.05) is 6.54 Å². The Bertz CT molecular complexity index is 1090. The molecule has 0 amide bonds. The highest BCUT2D eigenvalue weighted by atomic mass is 35.5. The molecule has 0 aliphatic carbocycles. The molecule has 0 bridgehead atoms. The lowest BCUT2D eigenvalue weighted by molar-refractivity contribution is 0.306. The van der Waals surface area contributed by atoms with E-state index in [1.54, 1.807) is 24.3 Å². The molecule has 3 aromatic carbocycles. The van der Waals surface area contributed by atoms with Gasteiger partial charge in [0.25, 0.3) is 0 Å². The zero-order valence-corrected chi connectivity index (χ0v) is 18.5. The Balaban J connectivity index is 1.42. The van der Waals surface area contributed by atoms with E-state index >= 15 is 0 Å². The van der Waals surface area contributed by atoms with Gasteiger partial charge in [-0.2, -0.15) is 0 Å². The van der Waals surface area contributed by atoms with E-state index in [1.165, 1.54) is 12.1 Å². The van der Waals surface area contributed by atoms with Crippen LogP contribution >= 0.6 is 23.2 Å². The maximum atomic E-state index is 11.3. The van der Waals surface area contributed by atoms with E-state index in [9.17, 15) is 8.42 Å². The van der Waals surface area contributed by atoms with Gasteiger partial charge in [0, 0.05) is 22.2 Å². The molecule has 158 valence electrons. The number of benzene rings is 3. The van der Waals surface area contributed by atoms with Crippen LogP contribution in [0.25, 0.3) is 0 Å². The highest BCUT2D eigenvalue weighted by molar-refractivity contribution is 7.89. The number of rotatable bonds is 9. The van der Waals surface area contributed by atoms with E-state index in [0.29, 0.717) is 16.7 Å². The van der Waals surface area contributed by atoms with Crippen molar-refractivity contribution in [3.8, 4) is 5.75 Å². The topological polar surface area (TPSA) is 81.4 Å². The molecule has 3 N–H and O–H groups in total. The molecule has 30 heavy (non-hydrogen) atoms. The van der Waals surface area contributed by atoms with Gasteiger partial charge in [-0.3, -0.25) is 0 Å². The van der Waals surface area contributed by atoms with Gasteiger partial charge in [0.2, 0.25) is 10.0 Å². The van der Waals surface area contributed by atoms with E-state index in [0.717, 1.165) is 42.0 Å². The number of nitrogens with two attached hydrogens (primary N) is 1. The summed E-state index contributed by atoms with van der Waals surface area (Å²) in [6.07, 6.45) is 0.786. The van der Waals surface area contributed by atoms with Crippen LogP contribution < -0.4 is 15.2 Å². The van der Waals surface area contributed by atoms with Crippen LogP contribution in [0.4, 0.5) is 0 Å². The first kappa shape index (κ1) is 22.6. The summed E-state index contributed by atoms with van der Waals surface area (Å²) in [5.74, 6) is 0.764. The molecular weight excluding hydrogens is 443 g/mol. The highest BCUT2D eigenvalue weighted by Gasteiger charge is 2.06. The number of hydrogen-bond donors (Lipinski definition) is 2. The van der Waals surface area contributed by atoms with Crippen molar-refractivity contribution >= 4 is 33.2 Å². The molecule has 0 saturated carbocycles. The first-order valence-corrected chi connectivity index (χ1v) is 11.6. The summed E-state index contributed by atoms with van der Waals surface area (Å²) in [6.45, 7) is 1.86. The van der Waals surface area contributed by atoms with Crippen LogP contribution in [0.1, 0.15) is 16.7 Å². The maximum Gasteiger partial charge on any atom is 0.238 e. The van der Waals surface area contributed by atoms with E-state index in [-0.39, 0.29) is 4.90 Å². The molecule has 5 nitrogen and oxygen atoms in total. The van der Waals surface area contributed by atoms with Gasteiger partial charge in [-0.25, -0.2) is 13.6 Å². The minimum Gasteiger partial charge on any atom is -0.489 e. The molecule has 0 unspecified atom stereocenters. The van der Waals surface area contributed by atoms with Gasteiger partial charge in [0.1, 0.15) is 12.4 Å². The zero-order chi connectivity index (χ0) is 21.6. The Kier molecular flexibility index (Phi) is 7.75. The molecule has 0 radical (unpaired) electrons. The van der Waals surface area contributed by atoms with Crippen molar-refractivity contribution in [2.24, 2.45) is 5.14 Å². The summed E-state index contributed by atoms with van der Waals surface area (Å²) in [6, 6.07) is 19.8. The van der Waals surface area contributed by atoms with Gasteiger partial charge in [0.15, 0.2) is 0 Å². The van der Waals surface area contributed by atoms with Crippen LogP contribution in [0.2, 0.25) is 10.0 Å². The smallest absolute Gasteiger partial charge is 0.238 e. The Morgan fingerprint density at radius 2 is 1.57 bits per heavy atom. The van der Waals surface area contributed by atoms with Crippen LogP contribution in [0.3, 0.4) is 0 Å². The van der Waals surface area contributed by atoms with E-state index < -0.39 is 10.0 Å². The number of halogens is 2. The number of hydrogen-bond acceptors (Lipinski definition) is 4. The van der Waals surface area contributed by atoms with Gasteiger partial charge in [0.05, 0.1) is 4.90 Å². The molecular formula is C22H22Cl2N2O3S. The average molecular weight is 465 g/mol. The SMILES string of the molecule is NS(=O)(=O)c1ccc(CCNCc2ccc(OCc3ccc(Cl)cc3Cl)cc2)cc1. The summed E-state index contributed by atoms with van der Waals surface area (Å²) in [5, 5.41) is 9.66. The molecule has 8 heteroatoms. The quantitative estimate of drug-likeness (QED) is 0.455. The maximum absolute atomic E-state index is 11.3. The molecule has 0 heterocycles. The number of sulfonamides is 1. The molecule has 0 aliphatic heterocycles. The minimum atomic E-state index is -3.65. The number of primary sulfonamides is 1. The molecule has 3 rings (SSSR count). The lowest BCUT2D eigenvalue weighted by Gasteiger charge is -2.10. The van der Waals surface area contributed by atoms with Crippen molar-refractivity contribution in [1.82, 2.24) is 5.32 Å². The standard InChI is InChI=1S/C22H22Cl2N2O3S/c23-19-6-5-18(22(24)13-19)15-29-20-7-1-17(2-8-20)14-26-12-11-16-3-9-21(10-4-16)30(25,27)28/h1-10,13,26H,11-12,14-15H2,(H2,25,27,28). The van der Waals surface area contributed by atoms with E-state index in [2.05, 4.69) is 5.32 Å². The van der Waals surface area contributed by atoms with Gasteiger partial charge < -0.3 is 10.1 Å². The Hall–Kier alpha value is -2.09. The van der Waals surface area contributed by atoms with Gasteiger partial charge in [-0.15, -0.1) is 0 Å². The van der Waals surface area contributed by atoms with Crippen molar-refractivity contribution in [3.63, 3.8) is 0 Å². The molecule has 3 aromatic rings. The monoisotopic (exact) mass is 464 g/mol. The Labute approximate surface area is 186 Å². The number of nitrogens with one attached hydrogen (secondary N) is 1. The van der Waals surface area contributed by atoms with Crippen molar-refractivity contribution in [1.29, 1.82) is 0 Å². The van der Waals surface area contributed by atoms with Crippen LogP contribution in [-0.4, -0.2) is 15.0 Å². The molecule has 0 aliphatic rings. The first-order chi connectivity index (χ1) is 14.3.